The van der Waals surface area contributed by atoms with Crippen molar-refractivity contribution in [2.75, 3.05) is 18.4 Å². The fourth-order valence-electron chi connectivity index (χ4n) is 3.48. The van der Waals surface area contributed by atoms with E-state index in [1.807, 2.05) is 37.3 Å². The van der Waals surface area contributed by atoms with Crippen molar-refractivity contribution in [3.8, 4) is 0 Å². The van der Waals surface area contributed by atoms with Crippen LogP contribution in [-0.2, 0) is 11.3 Å². The summed E-state index contributed by atoms with van der Waals surface area (Å²) < 4.78 is 0. The second-order valence-corrected chi connectivity index (χ2v) is 7.46. The van der Waals surface area contributed by atoms with Crippen molar-refractivity contribution in [1.82, 2.24) is 10.2 Å². The molecule has 1 heterocycles. The van der Waals surface area contributed by atoms with Gasteiger partial charge in [0.25, 0.3) is 5.91 Å². The third-order valence-electron chi connectivity index (χ3n) is 4.99. The van der Waals surface area contributed by atoms with Gasteiger partial charge in [-0.1, -0.05) is 37.3 Å². The fourth-order valence-corrected chi connectivity index (χ4v) is 3.48. The van der Waals surface area contributed by atoms with Crippen LogP contribution in [0.1, 0.15) is 29.3 Å². The number of nitrogens with one attached hydrogen (secondary N) is 2. The second-order valence-electron chi connectivity index (χ2n) is 7.46. The maximum atomic E-state index is 12.5. The highest BCUT2D eigenvalue weighted by molar-refractivity contribution is 5.95. The third kappa shape index (κ3) is 5.57. The van der Waals surface area contributed by atoms with Crippen LogP contribution in [0.25, 0.3) is 0 Å². The molecule has 2 atom stereocenters. The largest absolute Gasteiger partial charge is 0.481 e. The number of hydrogen-bond donors (Lipinski definition) is 3. The molecule has 2 unspecified atom stereocenters. The zero-order valence-electron chi connectivity index (χ0n) is 16.3. The molecule has 3 rings (SSSR count). The predicted octanol–water partition coefficient (Wildman–Crippen LogP) is 3.19. The Hall–Kier alpha value is -3.35. The highest BCUT2D eigenvalue weighted by Gasteiger charge is 2.31. The molecule has 0 radical (unpaired) electrons. The Morgan fingerprint density at radius 1 is 1.03 bits per heavy atom. The number of anilines is 1. The van der Waals surface area contributed by atoms with Crippen molar-refractivity contribution < 1.29 is 19.5 Å². The van der Waals surface area contributed by atoms with Gasteiger partial charge in [0.1, 0.15) is 0 Å². The lowest BCUT2D eigenvalue weighted by Crippen LogP contribution is -2.47. The Kier molecular flexibility index (Phi) is 6.49. The number of aliphatic carboxylic acids is 1. The van der Waals surface area contributed by atoms with Crippen molar-refractivity contribution in [3.05, 3.63) is 65.7 Å². The van der Waals surface area contributed by atoms with Crippen LogP contribution in [0.5, 0.6) is 0 Å². The van der Waals surface area contributed by atoms with E-state index >= 15 is 0 Å². The number of carboxylic acid groups (broad SMARTS) is 1. The summed E-state index contributed by atoms with van der Waals surface area (Å²) in [6.45, 7) is 3.11. The van der Waals surface area contributed by atoms with Crippen molar-refractivity contribution in [2.45, 2.75) is 19.9 Å². The quantitative estimate of drug-likeness (QED) is 0.724. The van der Waals surface area contributed by atoms with E-state index in [0.29, 0.717) is 30.8 Å². The molecule has 1 saturated heterocycles. The highest BCUT2D eigenvalue weighted by Crippen LogP contribution is 2.22. The minimum atomic E-state index is -0.875. The maximum absolute atomic E-state index is 12.5. The number of piperidine rings is 1. The van der Waals surface area contributed by atoms with Gasteiger partial charge < -0.3 is 20.6 Å². The molecule has 3 N–H and O–H groups in total. The van der Waals surface area contributed by atoms with Gasteiger partial charge in [-0.2, -0.15) is 0 Å². The molecular weight excluding hydrogens is 370 g/mol. The molecule has 1 fully saturated rings. The topological polar surface area (TPSA) is 98.7 Å². The number of amides is 3. The molecular formula is C22H25N3O4. The number of likely N-dealkylation sites (tertiary alicyclic amines) is 1. The molecule has 0 spiro atoms. The lowest BCUT2D eigenvalue weighted by Gasteiger charge is -2.34. The van der Waals surface area contributed by atoms with Gasteiger partial charge in [-0.3, -0.25) is 9.59 Å². The smallest absolute Gasteiger partial charge is 0.321 e. The van der Waals surface area contributed by atoms with Gasteiger partial charge in [0, 0.05) is 30.9 Å². The molecule has 3 amide bonds. The summed E-state index contributed by atoms with van der Waals surface area (Å²) in [6, 6.07) is 15.9. The lowest BCUT2D eigenvalue weighted by atomic mass is 9.91. The van der Waals surface area contributed by atoms with Crippen LogP contribution in [0.3, 0.4) is 0 Å². The molecule has 0 bridgehead atoms. The Labute approximate surface area is 169 Å². The van der Waals surface area contributed by atoms with Crippen LogP contribution >= 0.6 is 0 Å². The number of nitrogens with zero attached hydrogens (tertiary/aromatic N) is 1. The van der Waals surface area contributed by atoms with Gasteiger partial charge in [-0.25, -0.2) is 4.79 Å². The molecule has 7 heteroatoms. The van der Waals surface area contributed by atoms with E-state index in [9.17, 15) is 19.5 Å². The average molecular weight is 395 g/mol. The number of carbonyl (C=O) groups is 3. The number of rotatable bonds is 5. The van der Waals surface area contributed by atoms with Crippen LogP contribution in [0.2, 0.25) is 0 Å². The summed E-state index contributed by atoms with van der Waals surface area (Å²) in [5.41, 5.74) is 2.07. The number of carbonyl (C=O) groups excluding carboxylic acids is 2. The molecule has 2 aromatic rings. The van der Waals surface area contributed by atoms with Gasteiger partial charge in [-0.05, 0) is 42.2 Å². The third-order valence-corrected chi connectivity index (χ3v) is 4.99. The minimum absolute atomic E-state index is 0.131. The molecule has 7 nitrogen and oxygen atoms in total. The molecule has 0 aliphatic carbocycles. The molecule has 152 valence electrons. The number of urea groups is 1. The van der Waals surface area contributed by atoms with E-state index in [1.165, 1.54) is 4.90 Å². The van der Waals surface area contributed by atoms with E-state index in [1.54, 1.807) is 24.3 Å². The van der Waals surface area contributed by atoms with Crippen molar-refractivity contribution in [3.63, 3.8) is 0 Å². The Morgan fingerprint density at radius 3 is 2.38 bits per heavy atom. The average Bonchev–Trinajstić information content (AvgIpc) is 2.72. The minimum Gasteiger partial charge on any atom is -0.481 e. The fraction of sp³-hybridized carbons (Fsp3) is 0.318. The van der Waals surface area contributed by atoms with Gasteiger partial charge in [0.2, 0.25) is 0 Å². The van der Waals surface area contributed by atoms with Crippen LogP contribution in [0.4, 0.5) is 10.5 Å². The molecule has 1 aliphatic heterocycles. The SMILES string of the molecule is CC1CC(C(=O)O)CN(C(=O)Nc2ccc(C(=O)NCc3ccccc3)cc2)C1. The zero-order chi connectivity index (χ0) is 20.8. The molecule has 2 aromatic carbocycles. The molecule has 0 saturated carbocycles. The Morgan fingerprint density at radius 2 is 1.72 bits per heavy atom. The van der Waals surface area contributed by atoms with Crippen LogP contribution in [0.15, 0.2) is 54.6 Å². The van der Waals surface area contributed by atoms with Crippen molar-refractivity contribution in [1.29, 1.82) is 0 Å². The van der Waals surface area contributed by atoms with E-state index in [4.69, 9.17) is 0 Å². The molecule has 1 aliphatic rings. The first-order valence-electron chi connectivity index (χ1n) is 9.63. The van der Waals surface area contributed by atoms with Gasteiger partial charge in [-0.15, -0.1) is 0 Å². The van der Waals surface area contributed by atoms with Gasteiger partial charge in [0.05, 0.1) is 5.92 Å². The van der Waals surface area contributed by atoms with Crippen LogP contribution < -0.4 is 10.6 Å². The highest BCUT2D eigenvalue weighted by atomic mass is 16.4. The Bertz CT molecular complexity index is 867. The van der Waals surface area contributed by atoms with E-state index in [2.05, 4.69) is 10.6 Å². The first-order valence-corrected chi connectivity index (χ1v) is 9.63. The predicted molar refractivity (Wildman–Crippen MR) is 110 cm³/mol. The van der Waals surface area contributed by atoms with E-state index in [-0.39, 0.29) is 24.4 Å². The lowest BCUT2D eigenvalue weighted by molar-refractivity contribution is -0.143. The number of hydrogen-bond acceptors (Lipinski definition) is 3. The summed E-state index contributed by atoms with van der Waals surface area (Å²) in [4.78, 5) is 37.6. The Balaban J connectivity index is 1.55. The van der Waals surface area contributed by atoms with Crippen molar-refractivity contribution in [2.24, 2.45) is 11.8 Å². The monoisotopic (exact) mass is 395 g/mol. The standard InChI is InChI=1S/C22H25N3O4/c1-15-11-18(21(27)28)14-25(13-15)22(29)24-19-9-7-17(8-10-19)20(26)23-12-16-5-3-2-4-6-16/h2-10,15,18H,11-14H2,1H3,(H,23,26)(H,24,29)(H,27,28). The summed E-state index contributed by atoms with van der Waals surface area (Å²) in [7, 11) is 0. The summed E-state index contributed by atoms with van der Waals surface area (Å²) in [6.07, 6.45) is 0.575. The zero-order valence-corrected chi connectivity index (χ0v) is 16.3. The van der Waals surface area contributed by atoms with E-state index < -0.39 is 11.9 Å². The summed E-state index contributed by atoms with van der Waals surface area (Å²) in [5, 5.41) is 14.9. The first kappa shape index (κ1) is 20.4. The molecule has 0 aromatic heterocycles. The van der Waals surface area contributed by atoms with Crippen LogP contribution in [-0.4, -0.2) is 41.0 Å². The maximum Gasteiger partial charge on any atom is 0.321 e. The van der Waals surface area contributed by atoms with Crippen molar-refractivity contribution >= 4 is 23.6 Å². The number of benzene rings is 2. The molecule has 29 heavy (non-hydrogen) atoms. The second kappa shape index (κ2) is 9.23. The normalized spacial score (nSPS) is 18.7. The van der Waals surface area contributed by atoms with E-state index in [0.717, 1.165) is 5.56 Å². The van der Waals surface area contributed by atoms with Gasteiger partial charge >= 0.3 is 12.0 Å². The summed E-state index contributed by atoms with van der Waals surface area (Å²) >= 11 is 0. The summed E-state index contributed by atoms with van der Waals surface area (Å²) in [5.74, 6) is -1.48. The van der Waals surface area contributed by atoms with Gasteiger partial charge in [0.15, 0.2) is 0 Å². The first-order chi connectivity index (χ1) is 13.9. The number of carboxylic acids is 1. The van der Waals surface area contributed by atoms with Crippen LogP contribution in [0, 0.1) is 11.8 Å².